The molecule has 0 bridgehead atoms. The van der Waals surface area contributed by atoms with Crippen molar-refractivity contribution in [3.63, 3.8) is 0 Å². The van der Waals surface area contributed by atoms with Gasteiger partial charge in [0.1, 0.15) is 0 Å². The molecule has 0 N–H and O–H groups in total. The van der Waals surface area contributed by atoms with Crippen molar-refractivity contribution < 1.29 is 13.6 Å². The molecule has 4 heteroatoms. The maximum atomic E-state index is 12.2. The van der Waals surface area contributed by atoms with Gasteiger partial charge in [-0.2, -0.15) is 12.6 Å². The van der Waals surface area contributed by atoms with E-state index in [4.69, 9.17) is 0 Å². The number of alkyl halides is 2. The first-order chi connectivity index (χ1) is 4.45. The molecule has 0 amide bonds. The highest BCUT2D eigenvalue weighted by atomic mass is 32.1. The van der Waals surface area contributed by atoms with E-state index in [1.807, 2.05) is 0 Å². The number of rotatable bonds is 2. The average Bonchev–Trinajstić information content (AvgIpc) is 2.38. The Labute approximate surface area is 63.2 Å². The first-order valence-corrected chi connectivity index (χ1v) is 3.56. The van der Waals surface area contributed by atoms with E-state index in [1.165, 1.54) is 6.92 Å². The first kappa shape index (κ1) is 7.98. The molecule has 2 atom stereocenters. The van der Waals surface area contributed by atoms with E-state index >= 15 is 0 Å². The monoisotopic (exact) mass is 166 g/mol. The van der Waals surface area contributed by atoms with E-state index in [0.717, 1.165) is 0 Å². The summed E-state index contributed by atoms with van der Waals surface area (Å²) in [6.45, 7) is 1.51. The van der Waals surface area contributed by atoms with Gasteiger partial charge in [-0.15, -0.1) is 0 Å². The Morgan fingerprint density at radius 1 is 1.80 bits per heavy atom. The van der Waals surface area contributed by atoms with Crippen LogP contribution in [0.1, 0.15) is 13.3 Å². The lowest BCUT2D eigenvalue weighted by Gasteiger charge is -1.99. The zero-order valence-electron chi connectivity index (χ0n) is 5.47. The molecule has 1 saturated carbocycles. The summed E-state index contributed by atoms with van der Waals surface area (Å²) in [6.07, 6.45) is -0.281. The predicted molar refractivity (Wildman–Crippen MR) is 36.5 cm³/mol. The minimum absolute atomic E-state index is 0.281. The van der Waals surface area contributed by atoms with E-state index in [1.54, 1.807) is 0 Å². The Morgan fingerprint density at radius 2 is 2.20 bits per heavy atom. The third-order valence-electron chi connectivity index (χ3n) is 1.58. The first-order valence-electron chi connectivity index (χ1n) is 3.05. The summed E-state index contributed by atoms with van der Waals surface area (Å²) in [6, 6.07) is 0. The Balaban J connectivity index is 2.48. The summed E-state index contributed by atoms with van der Waals surface area (Å²) in [5.41, 5.74) is 0. The lowest BCUT2D eigenvalue weighted by atomic mass is 10.2. The van der Waals surface area contributed by atoms with Crippen LogP contribution in [-0.2, 0) is 4.79 Å². The van der Waals surface area contributed by atoms with E-state index in [0.29, 0.717) is 0 Å². The molecule has 10 heavy (non-hydrogen) atoms. The molecule has 0 aliphatic heterocycles. The van der Waals surface area contributed by atoms with E-state index in [-0.39, 0.29) is 6.42 Å². The summed E-state index contributed by atoms with van der Waals surface area (Å²) in [7, 11) is 0. The maximum Gasteiger partial charge on any atom is 0.258 e. The zero-order chi connectivity index (χ0) is 7.94. The second-order valence-electron chi connectivity index (χ2n) is 2.60. The maximum absolute atomic E-state index is 12.2. The molecule has 1 nitrogen and oxygen atoms in total. The van der Waals surface area contributed by atoms with Crippen LogP contribution in [0.2, 0.25) is 0 Å². The molecule has 0 aromatic carbocycles. The van der Waals surface area contributed by atoms with Crippen molar-refractivity contribution in [2.24, 2.45) is 5.92 Å². The van der Waals surface area contributed by atoms with Crippen molar-refractivity contribution in [2.45, 2.75) is 24.5 Å². The van der Waals surface area contributed by atoms with Crippen LogP contribution >= 0.6 is 12.6 Å². The van der Waals surface area contributed by atoms with Gasteiger partial charge < -0.3 is 0 Å². The van der Waals surface area contributed by atoms with Crippen LogP contribution in [0.4, 0.5) is 8.78 Å². The van der Waals surface area contributed by atoms with Gasteiger partial charge in [0, 0.05) is 6.42 Å². The summed E-state index contributed by atoms with van der Waals surface area (Å²) >= 11 is 3.77. The van der Waals surface area contributed by atoms with Crippen molar-refractivity contribution in [2.75, 3.05) is 0 Å². The standard InChI is InChI=1S/C6H8F2OS/c1-3(10)5(9)4-2-6(4,7)8/h3-4,10H,2H2,1H3. The highest BCUT2D eigenvalue weighted by molar-refractivity contribution is 7.81. The molecular formula is C6H8F2OS. The van der Waals surface area contributed by atoms with Gasteiger partial charge in [0.25, 0.3) is 5.92 Å². The Morgan fingerprint density at radius 3 is 2.30 bits per heavy atom. The Kier molecular flexibility index (Phi) is 1.75. The topological polar surface area (TPSA) is 17.1 Å². The van der Waals surface area contributed by atoms with Crippen molar-refractivity contribution in [1.82, 2.24) is 0 Å². The molecule has 58 valence electrons. The van der Waals surface area contributed by atoms with Crippen molar-refractivity contribution in [3.05, 3.63) is 0 Å². The molecule has 0 heterocycles. The summed E-state index contributed by atoms with van der Waals surface area (Å²) in [5.74, 6) is -4.21. The molecule has 0 aromatic rings. The highest BCUT2D eigenvalue weighted by Gasteiger charge is 2.61. The molecule has 1 aliphatic rings. The van der Waals surface area contributed by atoms with Crippen molar-refractivity contribution >= 4 is 18.4 Å². The number of thiol groups is 1. The number of hydrogen-bond donors (Lipinski definition) is 1. The molecule has 0 radical (unpaired) electrons. The Hall–Kier alpha value is -0.120. The number of Topliss-reactive ketones (excluding diaryl/α,β-unsaturated/α-hetero) is 1. The third kappa shape index (κ3) is 1.31. The molecule has 0 aromatic heterocycles. The van der Waals surface area contributed by atoms with Crippen LogP contribution < -0.4 is 0 Å². The van der Waals surface area contributed by atoms with Crippen LogP contribution in [0.15, 0.2) is 0 Å². The number of ketones is 1. The fourth-order valence-electron chi connectivity index (χ4n) is 0.813. The van der Waals surface area contributed by atoms with Gasteiger partial charge in [0.15, 0.2) is 5.78 Å². The summed E-state index contributed by atoms with van der Waals surface area (Å²) in [5, 5.41) is -0.557. The van der Waals surface area contributed by atoms with Crippen LogP contribution in [0.5, 0.6) is 0 Å². The highest BCUT2D eigenvalue weighted by Crippen LogP contribution is 2.49. The molecule has 1 aliphatic carbocycles. The molecule has 0 spiro atoms. The number of hydrogen-bond acceptors (Lipinski definition) is 2. The predicted octanol–water partition coefficient (Wildman–Crippen LogP) is 1.53. The van der Waals surface area contributed by atoms with E-state index < -0.39 is 22.9 Å². The minimum Gasteiger partial charge on any atom is -0.298 e. The van der Waals surface area contributed by atoms with Gasteiger partial charge in [0.05, 0.1) is 11.2 Å². The lowest BCUT2D eigenvalue weighted by Crippen LogP contribution is -2.16. The Bertz CT molecular complexity index is 167. The van der Waals surface area contributed by atoms with Gasteiger partial charge in [0.2, 0.25) is 0 Å². The lowest BCUT2D eigenvalue weighted by molar-refractivity contribution is -0.121. The quantitative estimate of drug-likeness (QED) is 0.615. The number of carbonyl (C=O) groups is 1. The second kappa shape index (κ2) is 2.19. The summed E-state index contributed by atoms with van der Waals surface area (Å²) in [4.78, 5) is 10.8. The molecule has 1 rings (SSSR count). The van der Waals surface area contributed by atoms with E-state index in [9.17, 15) is 13.6 Å². The number of carbonyl (C=O) groups excluding carboxylic acids is 1. The van der Waals surface area contributed by atoms with Crippen LogP contribution in [-0.4, -0.2) is 17.0 Å². The normalized spacial score (nSPS) is 31.4. The molecule has 0 saturated heterocycles. The average molecular weight is 166 g/mol. The van der Waals surface area contributed by atoms with Crippen LogP contribution in [0.25, 0.3) is 0 Å². The minimum atomic E-state index is -2.73. The van der Waals surface area contributed by atoms with Gasteiger partial charge in [-0.3, -0.25) is 4.79 Å². The van der Waals surface area contributed by atoms with E-state index in [2.05, 4.69) is 12.6 Å². The van der Waals surface area contributed by atoms with Gasteiger partial charge in [-0.25, -0.2) is 8.78 Å². The largest absolute Gasteiger partial charge is 0.298 e. The third-order valence-corrected chi connectivity index (χ3v) is 1.84. The summed E-state index contributed by atoms with van der Waals surface area (Å²) < 4.78 is 24.3. The SMILES string of the molecule is CC(S)C(=O)C1CC1(F)F. The van der Waals surface area contributed by atoms with Crippen molar-refractivity contribution in [1.29, 1.82) is 0 Å². The molecule has 2 unspecified atom stereocenters. The smallest absolute Gasteiger partial charge is 0.258 e. The molecule has 1 fully saturated rings. The second-order valence-corrected chi connectivity index (χ2v) is 3.37. The van der Waals surface area contributed by atoms with Gasteiger partial charge >= 0.3 is 0 Å². The van der Waals surface area contributed by atoms with Crippen LogP contribution in [0, 0.1) is 5.92 Å². The van der Waals surface area contributed by atoms with Gasteiger partial charge in [-0.05, 0) is 6.92 Å². The fourth-order valence-corrected chi connectivity index (χ4v) is 0.993. The fraction of sp³-hybridized carbons (Fsp3) is 0.833. The van der Waals surface area contributed by atoms with Crippen LogP contribution in [0.3, 0.4) is 0 Å². The van der Waals surface area contributed by atoms with Gasteiger partial charge in [-0.1, -0.05) is 0 Å². The molecular weight excluding hydrogens is 158 g/mol. The zero-order valence-corrected chi connectivity index (χ0v) is 6.37. The van der Waals surface area contributed by atoms with Crippen molar-refractivity contribution in [3.8, 4) is 0 Å². The number of halogens is 2.